The fourth-order valence-corrected chi connectivity index (χ4v) is 4.54. The maximum Gasteiger partial charge on any atom is 0.106 e. The zero-order valence-corrected chi connectivity index (χ0v) is 16.2. The van der Waals surface area contributed by atoms with E-state index in [0.717, 1.165) is 19.0 Å². The summed E-state index contributed by atoms with van der Waals surface area (Å²) in [6.45, 7) is 11.0. The SMILES string of the molecule is C=O.CCCNC1CN(Cc2ccccc2)CC1Cc1ccc(C)s1. The Morgan fingerprint density at radius 1 is 1.16 bits per heavy atom. The monoisotopic (exact) mass is 358 g/mol. The van der Waals surface area contributed by atoms with Crippen LogP contribution < -0.4 is 5.32 Å². The fraction of sp³-hybridized carbons (Fsp3) is 0.476. The molecule has 1 aromatic heterocycles. The summed E-state index contributed by atoms with van der Waals surface area (Å²) >= 11 is 1.96. The largest absolute Gasteiger partial charge is 0.312 e. The van der Waals surface area contributed by atoms with E-state index in [2.05, 4.69) is 66.5 Å². The van der Waals surface area contributed by atoms with Crippen LogP contribution in [-0.2, 0) is 17.8 Å². The maximum absolute atomic E-state index is 8.00. The van der Waals surface area contributed by atoms with Crippen LogP contribution in [-0.4, -0.2) is 37.4 Å². The average Bonchev–Trinajstić information content (AvgIpc) is 3.22. The Balaban J connectivity index is 0.00000109. The Labute approximate surface area is 156 Å². The van der Waals surface area contributed by atoms with Gasteiger partial charge in [-0.1, -0.05) is 37.3 Å². The summed E-state index contributed by atoms with van der Waals surface area (Å²) in [7, 11) is 0. The molecule has 1 saturated heterocycles. The van der Waals surface area contributed by atoms with Crippen LogP contribution in [0.4, 0.5) is 0 Å². The molecule has 0 amide bonds. The van der Waals surface area contributed by atoms with Gasteiger partial charge in [0.25, 0.3) is 0 Å². The van der Waals surface area contributed by atoms with Crippen molar-refractivity contribution in [1.29, 1.82) is 0 Å². The summed E-state index contributed by atoms with van der Waals surface area (Å²) in [6, 6.07) is 16.1. The Morgan fingerprint density at radius 3 is 2.56 bits per heavy atom. The van der Waals surface area contributed by atoms with Gasteiger partial charge in [-0.25, -0.2) is 0 Å². The van der Waals surface area contributed by atoms with Gasteiger partial charge in [0, 0.05) is 35.4 Å². The van der Waals surface area contributed by atoms with Gasteiger partial charge in [-0.2, -0.15) is 0 Å². The molecule has 2 aromatic rings. The highest BCUT2D eigenvalue weighted by Crippen LogP contribution is 2.26. The molecule has 0 saturated carbocycles. The number of carbonyl (C=O) groups excluding carboxylic acids is 1. The molecule has 3 nitrogen and oxygen atoms in total. The average molecular weight is 359 g/mol. The van der Waals surface area contributed by atoms with Crippen molar-refractivity contribution in [3.05, 3.63) is 57.8 Å². The Hall–Kier alpha value is -1.49. The first-order valence-corrected chi connectivity index (χ1v) is 9.90. The molecular weight excluding hydrogens is 328 g/mol. The number of thiophene rings is 1. The lowest BCUT2D eigenvalue weighted by Gasteiger charge is -2.19. The molecule has 4 heteroatoms. The zero-order chi connectivity index (χ0) is 18.1. The van der Waals surface area contributed by atoms with Gasteiger partial charge in [-0.05, 0) is 49.9 Å². The summed E-state index contributed by atoms with van der Waals surface area (Å²) in [5.41, 5.74) is 1.43. The Kier molecular flexibility index (Phi) is 8.32. The van der Waals surface area contributed by atoms with Gasteiger partial charge in [0.05, 0.1) is 0 Å². The second-order valence-corrected chi connectivity index (χ2v) is 8.09. The van der Waals surface area contributed by atoms with Crippen molar-refractivity contribution in [2.45, 2.75) is 39.3 Å². The van der Waals surface area contributed by atoms with E-state index in [1.807, 2.05) is 18.1 Å². The fourth-order valence-electron chi connectivity index (χ4n) is 3.55. The van der Waals surface area contributed by atoms with Gasteiger partial charge in [0.1, 0.15) is 6.79 Å². The van der Waals surface area contributed by atoms with Gasteiger partial charge in [-0.3, -0.25) is 4.90 Å². The van der Waals surface area contributed by atoms with Crippen molar-refractivity contribution in [3.8, 4) is 0 Å². The van der Waals surface area contributed by atoms with Crippen molar-refractivity contribution in [3.63, 3.8) is 0 Å². The molecule has 2 atom stereocenters. The summed E-state index contributed by atoms with van der Waals surface area (Å²) in [6.07, 6.45) is 2.42. The van der Waals surface area contributed by atoms with Crippen molar-refractivity contribution in [2.75, 3.05) is 19.6 Å². The molecule has 1 aliphatic rings. The molecular formula is C21H30N2OS. The van der Waals surface area contributed by atoms with Gasteiger partial charge >= 0.3 is 0 Å². The smallest absolute Gasteiger partial charge is 0.106 e. The van der Waals surface area contributed by atoms with Crippen LogP contribution in [0.3, 0.4) is 0 Å². The molecule has 1 aliphatic heterocycles. The summed E-state index contributed by atoms with van der Waals surface area (Å²) in [5, 5.41) is 3.79. The lowest BCUT2D eigenvalue weighted by atomic mass is 9.99. The normalized spacial score (nSPS) is 20.2. The van der Waals surface area contributed by atoms with Gasteiger partial charge in [-0.15, -0.1) is 11.3 Å². The number of nitrogens with one attached hydrogen (secondary N) is 1. The van der Waals surface area contributed by atoms with Crippen LogP contribution in [0.25, 0.3) is 0 Å². The molecule has 1 aromatic carbocycles. The van der Waals surface area contributed by atoms with E-state index in [1.54, 1.807) is 0 Å². The molecule has 0 radical (unpaired) electrons. The van der Waals surface area contributed by atoms with Gasteiger partial charge in [0.2, 0.25) is 0 Å². The third-order valence-electron chi connectivity index (χ3n) is 4.68. The van der Waals surface area contributed by atoms with Crippen LogP contribution in [0.2, 0.25) is 0 Å². The number of nitrogens with zero attached hydrogens (tertiary/aromatic N) is 1. The number of hydrogen-bond donors (Lipinski definition) is 1. The van der Waals surface area contributed by atoms with Gasteiger partial charge < -0.3 is 10.1 Å². The van der Waals surface area contributed by atoms with E-state index in [-0.39, 0.29) is 0 Å². The summed E-state index contributed by atoms with van der Waals surface area (Å²) in [5.74, 6) is 0.725. The lowest BCUT2D eigenvalue weighted by molar-refractivity contribution is -0.0979. The topological polar surface area (TPSA) is 32.3 Å². The van der Waals surface area contributed by atoms with Gasteiger partial charge in [0.15, 0.2) is 0 Å². The van der Waals surface area contributed by atoms with Crippen molar-refractivity contribution >= 4 is 18.1 Å². The Bertz CT molecular complexity index is 613. The van der Waals surface area contributed by atoms with Crippen LogP contribution in [0.15, 0.2) is 42.5 Å². The van der Waals surface area contributed by atoms with Crippen molar-refractivity contribution in [2.24, 2.45) is 5.92 Å². The first-order valence-electron chi connectivity index (χ1n) is 9.08. The summed E-state index contributed by atoms with van der Waals surface area (Å²) < 4.78 is 0. The number of likely N-dealkylation sites (tertiary alicyclic amines) is 1. The van der Waals surface area contributed by atoms with Crippen LogP contribution in [0.1, 0.15) is 28.7 Å². The van der Waals surface area contributed by atoms with E-state index in [1.165, 1.54) is 41.2 Å². The summed E-state index contributed by atoms with van der Waals surface area (Å²) in [4.78, 5) is 13.6. The number of carbonyl (C=O) groups is 1. The molecule has 1 fully saturated rings. The molecule has 0 aliphatic carbocycles. The molecule has 25 heavy (non-hydrogen) atoms. The highest BCUT2D eigenvalue weighted by atomic mass is 32.1. The Morgan fingerprint density at radius 2 is 1.92 bits per heavy atom. The lowest BCUT2D eigenvalue weighted by Crippen LogP contribution is -2.37. The molecule has 1 N–H and O–H groups in total. The van der Waals surface area contributed by atoms with E-state index in [0.29, 0.717) is 6.04 Å². The third kappa shape index (κ3) is 6.07. The number of aryl methyl sites for hydroxylation is 1. The van der Waals surface area contributed by atoms with Crippen LogP contribution in [0, 0.1) is 12.8 Å². The minimum Gasteiger partial charge on any atom is -0.312 e. The molecule has 2 unspecified atom stereocenters. The second-order valence-electron chi connectivity index (χ2n) is 6.72. The van der Waals surface area contributed by atoms with E-state index in [4.69, 9.17) is 4.79 Å². The minimum absolute atomic E-state index is 0.626. The van der Waals surface area contributed by atoms with E-state index in [9.17, 15) is 0 Å². The first-order chi connectivity index (χ1) is 12.2. The quantitative estimate of drug-likeness (QED) is 0.814. The number of hydrogen-bond acceptors (Lipinski definition) is 4. The number of benzene rings is 1. The second kappa shape index (κ2) is 10.5. The minimum atomic E-state index is 0.626. The molecule has 0 spiro atoms. The predicted octanol–water partition coefficient (Wildman–Crippen LogP) is 3.91. The highest BCUT2D eigenvalue weighted by molar-refractivity contribution is 7.11. The van der Waals surface area contributed by atoms with E-state index < -0.39 is 0 Å². The van der Waals surface area contributed by atoms with Crippen LogP contribution >= 0.6 is 11.3 Å². The molecule has 2 heterocycles. The predicted molar refractivity (Wildman–Crippen MR) is 107 cm³/mol. The van der Waals surface area contributed by atoms with Crippen molar-refractivity contribution < 1.29 is 4.79 Å². The highest BCUT2D eigenvalue weighted by Gasteiger charge is 2.32. The maximum atomic E-state index is 8.00. The first kappa shape index (κ1) is 19.8. The number of rotatable bonds is 7. The molecule has 3 rings (SSSR count). The molecule has 0 bridgehead atoms. The standard InChI is InChI=1S/C20H28N2S.CH2O/c1-3-11-21-20-15-22(13-17-7-5-4-6-8-17)14-18(20)12-19-10-9-16(2)23-19;1-2/h4-10,18,20-21H,3,11-15H2,1-2H3;1H2. The van der Waals surface area contributed by atoms with Crippen molar-refractivity contribution in [1.82, 2.24) is 10.2 Å². The van der Waals surface area contributed by atoms with E-state index >= 15 is 0 Å². The zero-order valence-electron chi connectivity index (χ0n) is 15.4. The molecule has 136 valence electrons. The van der Waals surface area contributed by atoms with Crippen LogP contribution in [0.5, 0.6) is 0 Å². The third-order valence-corrected chi connectivity index (χ3v) is 5.70.